The minimum Gasteiger partial charge on any atom is -0.480 e. The molecule has 1 amide bonds. The Bertz CT molecular complexity index is 563. The van der Waals surface area contributed by atoms with Gasteiger partial charge in [0.1, 0.15) is 12.1 Å². The second-order valence-electron chi connectivity index (χ2n) is 4.40. The second-order valence-corrected chi connectivity index (χ2v) is 4.40. The summed E-state index contributed by atoms with van der Waals surface area (Å²) < 4.78 is 63.5. The van der Waals surface area contributed by atoms with Crippen molar-refractivity contribution in [3.8, 4) is 0 Å². The van der Waals surface area contributed by atoms with Gasteiger partial charge >= 0.3 is 30.3 Å². The van der Waals surface area contributed by atoms with Crippen LogP contribution in [0.2, 0.25) is 0 Å². The molecule has 0 aromatic rings. The summed E-state index contributed by atoms with van der Waals surface area (Å²) in [5.74, 6) is -7.38. The minimum absolute atomic E-state index is 0.212. The molecule has 0 saturated carbocycles. The van der Waals surface area contributed by atoms with Crippen molar-refractivity contribution in [2.75, 3.05) is 0 Å². The normalized spacial score (nSPS) is 12.6. The van der Waals surface area contributed by atoms with E-state index in [1.165, 1.54) is 13.8 Å². The maximum Gasteiger partial charge on any atom is 0.490 e. The highest BCUT2D eigenvalue weighted by Crippen LogP contribution is 2.13. The van der Waals surface area contributed by atoms with Crippen molar-refractivity contribution in [1.82, 2.24) is 5.32 Å². The number of carbonyl (C=O) groups is 4. The molecule has 8 N–H and O–H groups in total. The molecule has 0 bridgehead atoms. The summed E-state index contributed by atoms with van der Waals surface area (Å²) in [7, 11) is 0. The van der Waals surface area contributed by atoms with E-state index in [0.717, 1.165) is 0 Å². The van der Waals surface area contributed by atoms with E-state index in [1.807, 2.05) is 0 Å². The molecule has 0 radical (unpaired) electrons. The van der Waals surface area contributed by atoms with Crippen molar-refractivity contribution in [1.29, 1.82) is 0 Å². The molecule has 0 aliphatic heterocycles. The largest absolute Gasteiger partial charge is 0.490 e. The molecule has 0 heterocycles. The van der Waals surface area contributed by atoms with Crippen molar-refractivity contribution >= 4 is 29.8 Å². The van der Waals surface area contributed by atoms with E-state index in [4.69, 9.17) is 36.4 Å². The first-order valence-electron chi connectivity index (χ1n) is 6.45. The number of carboxylic acids is 3. The van der Waals surface area contributed by atoms with Gasteiger partial charge in [-0.05, 0) is 13.8 Å². The fourth-order valence-electron chi connectivity index (χ4n) is 0.678. The molecule has 17 heteroatoms. The second kappa shape index (κ2) is 12.2. The number of nitrogens with one attached hydrogen (secondary N) is 1. The SMILES string of the molecule is C[C@H](N=C(N)N)C(=O)N[C@@H](C)C(=O)O.O=C(O)C(F)(F)F.O=C(O)C(F)(F)F. The van der Waals surface area contributed by atoms with Crippen molar-refractivity contribution in [3.63, 3.8) is 0 Å². The van der Waals surface area contributed by atoms with Crippen LogP contribution in [-0.4, -0.2) is 69.5 Å². The van der Waals surface area contributed by atoms with E-state index in [1.54, 1.807) is 0 Å². The maximum absolute atomic E-state index is 11.2. The van der Waals surface area contributed by atoms with E-state index in [9.17, 15) is 35.9 Å². The Balaban J connectivity index is -0.000000375. The van der Waals surface area contributed by atoms with Gasteiger partial charge in [0.15, 0.2) is 5.96 Å². The van der Waals surface area contributed by atoms with Crippen LogP contribution in [0.15, 0.2) is 4.99 Å². The number of carbonyl (C=O) groups excluding carboxylic acids is 1. The smallest absolute Gasteiger partial charge is 0.480 e. The number of nitrogens with two attached hydrogens (primary N) is 2. The van der Waals surface area contributed by atoms with Crippen LogP contribution in [-0.2, 0) is 19.2 Å². The van der Waals surface area contributed by atoms with Crippen LogP contribution < -0.4 is 16.8 Å². The lowest BCUT2D eigenvalue weighted by atomic mass is 10.3. The van der Waals surface area contributed by atoms with Crippen molar-refractivity contribution in [2.24, 2.45) is 16.5 Å². The molecule has 0 spiro atoms. The fourth-order valence-corrected chi connectivity index (χ4v) is 0.678. The number of nitrogens with zero attached hydrogens (tertiary/aromatic N) is 1. The van der Waals surface area contributed by atoms with Crippen molar-refractivity contribution < 1.29 is 60.8 Å². The number of carboxylic acid groups (broad SMARTS) is 3. The zero-order valence-electron chi connectivity index (χ0n) is 14.0. The summed E-state index contributed by atoms with van der Waals surface area (Å²) in [6, 6.07) is -1.75. The number of aliphatic imine (C=N–C) groups is 1. The Morgan fingerprint density at radius 2 is 1.14 bits per heavy atom. The van der Waals surface area contributed by atoms with Crippen LogP contribution in [0.5, 0.6) is 0 Å². The van der Waals surface area contributed by atoms with Gasteiger partial charge in [0.2, 0.25) is 5.91 Å². The lowest BCUT2D eigenvalue weighted by Crippen LogP contribution is -2.43. The van der Waals surface area contributed by atoms with E-state index >= 15 is 0 Å². The first-order valence-corrected chi connectivity index (χ1v) is 6.45. The Hall–Kier alpha value is -3.27. The summed E-state index contributed by atoms with van der Waals surface area (Å²) in [5.41, 5.74) is 10.1. The fraction of sp³-hybridized carbons (Fsp3) is 0.545. The molecule has 0 saturated heterocycles. The van der Waals surface area contributed by atoms with Gasteiger partial charge in [0.25, 0.3) is 0 Å². The van der Waals surface area contributed by atoms with Gasteiger partial charge in [-0.15, -0.1) is 0 Å². The number of alkyl halides is 6. The van der Waals surface area contributed by atoms with Crippen LogP contribution in [0.3, 0.4) is 0 Å². The quantitative estimate of drug-likeness (QED) is 0.193. The van der Waals surface area contributed by atoms with Crippen molar-refractivity contribution in [3.05, 3.63) is 0 Å². The van der Waals surface area contributed by atoms with E-state index in [2.05, 4.69) is 10.3 Å². The average Bonchev–Trinajstić information content (AvgIpc) is 2.45. The number of guanidine groups is 1. The molecule has 11 nitrogen and oxygen atoms in total. The summed E-state index contributed by atoms with van der Waals surface area (Å²) in [5, 5.41) is 25.0. The molecule has 0 rings (SSSR count). The zero-order chi connectivity index (χ0) is 23.5. The van der Waals surface area contributed by atoms with Gasteiger partial charge < -0.3 is 32.1 Å². The summed E-state index contributed by atoms with van der Waals surface area (Å²) in [6.45, 7) is 2.81. The zero-order valence-corrected chi connectivity index (χ0v) is 14.0. The maximum atomic E-state index is 11.2. The molecule has 0 aromatic carbocycles. The van der Waals surface area contributed by atoms with E-state index < -0.39 is 48.3 Å². The highest BCUT2D eigenvalue weighted by Gasteiger charge is 2.38. The number of aliphatic carboxylic acids is 3. The van der Waals surface area contributed by atoms with Gasteiger partial charge in [0, 0.05) is 0 Å². The Morgan fingerprint density at radius 3 is 1.32 bits per heavy atom. The van der Waals surface area contributed by atoms with Gasteiger partial charge in [-0.1, -0.05) is 0 Å². The molecule has 164 valence electrons. The molecular formula is C11H16F6N4O7. The number of halogens is 6. The predicted molar refractivity (Wildman–Crippen MR) is 77.9 cm³/mol. The van der Waals surface area contributed by atoms with Crippen molar-refractivity contribution in [2.45, 2.75) is 38.3 Å². The summed E-state index contributed by atoms with van der Waals surface area (Å²) in [6.07, 6.45) is -10.2. The lowest BCUT2D eigenvalue weighted by Gasteiger charge is -2.11. The highest BCUT2D eigenvalue weighted by atomic mass is 19.4. The number of hydrogen-bond donors (Lipinski definition) is 6. The Labute approximate surface area is 152 Å². The summed E-state index contributed by atoms with van der Waals surface area (Å²) >= 11 is 0. The highest BCUT2D eigenvalue weighted by molar-refractivity contribution is 5.88. The van der Waals surface area contributed by atoms with Gasteiger partial charge in [0.05, 0.1) is 0 Å². The van der Waals surface area contributed by atoms with Crippen LogP contribution in [0.4, 0.5) is 26.3 Å². The predicted octanol–water partition coefficient (Wildman–Crippen LogP) is -0.496. The number of rotatable bonds is 4. The molecule has 0 aliphatic carbocycles. The van der Waals surface area contributed by atoms with E-state index in [0.29, 0.717) is 0 Å². The molecule has 28 heavy (non-hydrogen) atoms. The Kier molecular flexibility index (Phi) is 12.8. The van der Waals surface area contributed by atoms with Crippen LogP contribution in [0, 0.1) is 0 Å². The monoisotopic (exact) mass is 430 g/mol. The average molecular weight is 430 g/mol. The standard InChI is InChI=1S/C7H14N4O3.2C2HF3O2/c1-3(11-7(8)9)5(12)10-4(2)6(13)14;2*3-2(4,5)1(6)7/h3-4H,1-2H3,(H,10,12)(H,13,14)(H4,8,9,11);2*(H,6,7)/t3-,4-;;/m0../s1. The third-order valence-electron chi connectivity index (χ3n) is 1.94. The third kappa shape index (κ3) is 17.5. The first-order chi connectivity index (χ1) is 12.2. The molecule has 0 aliphatic rings. The Morgan fingerprint density at radius 1 is 0.857 bits per heavy atom. The number of amides is 1. The molecule has 0 unspecified atom stereocenters. The van der Waals surface area contributed by atoms with Crippen LogP contribution in [0.1, 0.15) is 13.8 Å². The third-order valence-corrected chi connectivity index (χ3v) is 1.94. The van der Waals surface area contributed by atoms with Gasteiger partial charge in [-0.3, -0.25) is 9.59 Å². The molecule has 0 aromatic heterocycles. The minimum atomic E-state index is -5.08. The molecule has 2 atom stereocenters. The number of hydrogen-bond acceptors (Lipinski definition) is 5. The van der Waals surface area contributed by atoms with Crippen LogP contribution in [0.25, 0.3) is 0 Å². The summed E-state index contributed by atoms with van der Waals surface area (Å²) in [4.78, 5) is 42.9. The van der Waals surface area contributed by atoms with Gasteiger partial charge in [-0.25, -0.2) is 14.6 Å². The van der Waals surface area contributed by atoms with E-state index in [-0.39, 0.29) is 5.96 Å². The van der Waals surface area contributed by atoms with Crippen LogP contribution >= 0.6 is 0 Å². The topological polar surface area (TPSA) is 205 Å². The molecule has 0 fully saturated rings. The van der Waals surface area contributed by atoms with Gasteiger partial charge in [-0.2, -0.15) is 26.3 Å². The first kappa shape index (κ1) is 29.5. The lowest BCUT2D eigenvalue weighted by molar-refractivity contribution is -0.193. The molecular weight excluding hydrogens is 414 g/mol.